The zero-order valence-corrected chi connectivity index (χ0v) is 15.9. The van der Waals surface area contributed by atoms with Gasteiger partial charge in [-0.3, -0.25) is 4.79 Å². The van der Waals surface area contributed by atoms with Crippen molar-refractivity contribution in [1.29, 1.82) is 0 Å². The summed E-state index contributed by atoms with van der Waals surface area (Å²) in [5.74, 6) is 0.899. The fourth-order valence-corrected chi connectivity index (χ4v) is 4.85. The molecule has 0 unspecified atom stereocenters. The highest BCUT2D eigenvalue weighted by atomic mass is 32.1. The Morgan fingerprint density at radius 2 is 1.96 bits per heavy atom. The van der Waals surface area contributed by atoms with E-state index in [1.165, 1.54) is 15.3 Å². The van der Waals surface area contributed by atoms with Gasteiger partial charge >= 0.3 is 0 Å². The minimum atomic E-state index is 0.256. The molecule has 4 heteroatoms. The van der Waals surface area contributed by atoms with Crippen LogP contribution in [0.3, 0.4) is 0 Å². The maximum atomic E-state index is 12.8. The van der Waals surface area contributed by atoms with Crippen LogP contribution in [-0.4, -0.2) is 28.9 Å². The third kappa shape index (κ3) is 3.65. The molecule has 1 fully saturated rings. The fourth-order valence-electron chi connectivity index (χ4n) is 3.76. The first-order valence-corrected chi connectivity index (χ1v) is 10.2. The van der Waals surface area contributed by atoms with Gasteiger partial charge in [0.2, 0.25) is 5.91 Å². The van der Waals surface area contributed by atoms with E-state index >= 15 is 0 Å². The van der Waals surface area contributed by atoms with Gasteiger partial charge in [-0.05, 0) is 36.5 Å². The van der Waals surface area contributed by atoms with Crippen molar-refractivity contribution in [2.45, 2.75) is 38.0 Å². The van der Waals surface area contributed by atoms with Crippen molar-refractivity contribution in [1.82, 2.24) is 9.88 Å². The number of rotatable bonds is 4. The number of piperidine rings is 1. The third-order valence-electron chi connectivity index (χ3n) is 5.28. The van der Waals surface area contributed by atoms with Crippen molar-refractivity contribution in [2.75, 3.05) is 13.1 Å². The number of carbonyl (C=O) groups is 1. The van der Waals surface area contributed by atoms with Gasteiger partial charge < -0.3 is 4.90 Å². The molecule has 26 heavy (non-hydrogen) atoms. The van der Waals surface area contributed by atoms with Crippen LogP contribution in [0.15, 0.2) is 54.6 Å². The molecule has 0 saturated carbocycles. The normalized spacial score (nSPS) is 18.8. The van der Waals surface area contributed by atoms with Crippen molar-refractivity contribution >= 4 is 27.5 Å². The van der Waals surface area contributed by atoms with E-state index in [0.717, 1.165) is 31.4 Å². The van der Waals surface area contributed by atoms with E-state index in [1.54, 1.807) is 11.3 Å². The lowest BCUT2D eigenvalue weighted by Gasteiger charge is -2.32. The van der Waals surface area contributed by atoms with E-state index in [-0.39, 0.29) is 11.8 Å². The van der Waals surface area contributed by atoms with Crippen molar-refractivity contribution in [3.05, 3.63) is 65.2 Å². The molecule has 1 aliphatic rings. The summed E-state index contributed by atoms with van der Waals surface area (Å²) in [4.78, 5) is 19.7. The van der Waals surface area contributed by atoms with Crippen molar-refractivity contribution in [3.63, 3.8) is 0 Å². The van der Waals surface area contributed by atoms with Gasteiger partial charge in [0.15, 0.2) is 0 Å². The number of likely N-dealkylation sites (tertiary alicyclic amines) is 1. The minimum absolute atomic E-state index is 0.256. The first-order valence-electron chi connectivity index (χ1n) is 9.39. The summed E-state index contributed by atoms with van der Waals surface area (Å²) in [5.41, 5.74) is 2.31. The summed E-state index contributed by atoms with van der Waals surface area (Å²) in [6, 6.07) is 18.6. The highest BCUT2D eigenvalue weighted by Crippen LogP contribution is 2.33. The molecule has 134 valence electrons. The summed E-state index contributed by atoms with van der Waals surface area (Å²) >= 11 is 1.78. The van der Waals surface area contributed by atoms with Gasteiger partial charge in [-0.25, -0.2) is 4.98 Å². The molecule has 0 bridgehead atoms. The molecule has 4 rings (SSSR count). The number of para-hydroxylation sites is 1. The molecule has 3 nitrogen and oxygen atoms in total. The number of aromatic nitrogens is 1. The molecule has 0 N–H and O–H groups in total. The zero-order valence-electron chi connectivity index (χ0n) is 15.1. The van der Waals surface area contributed by atoms with Crippen molar-refractivity contribution in [2.24, 2.45) is 0 Å². The predicted molar refractivity (Wildman–Crippen MR) is 108 cm³/mol. The average molecular weight is 365 g/mol. The van der Waals surface area contributed by atoms with Crippen LogP contribution in [0, 0.1) is 0 Å². The monoisotopic (exact) mass is 364 g/mol. The lowest BCUT2D eigenvalue weighted by molar-refractivity contribution is -0.132. The highest BCUT2D eigenvalue weighted by molar-refractivity contribution is 7.18. The summed E-state index contributed by atoms with van der Waals surface area (Å²) in [6.45, 7) is 3.82. The largest absolute Gasteiger partial charge is 0.342 e. The van der Waals surface area contributed by atoms with E-state index < -0.39 is 0 Å². The number of thiazole rings is 1. The maximum Gasteiger partial charge on any atom is 0.223 e. The Morgan fingerprint density at radius 1 is 1.19 bits per heavy atom. The minimum Gasteiger partial charge on any atom is -0.342 e. The average Bonchev–Trinajstić information content (AvgIpc) is 3.13. The second kappa shape index (κ2) is 7.58. The van der Waals surface area contributed by atoms with Gasteiger partial charge in [-0.1, -0.05) is 49.4 Å². The summed E-state index contributed by atoms with van der Waals surface area (Å²) in [7, 11) is 0. The molecule has 1 aliphatic heterocycles. The molecule has 0 aliphatic carbocycles. The molecular formula is C22H24N2OS. The first-order chi connectivity index (χ1) is 12.7. The van der Waals surface area contributed by atoms with Crippen molar-refractivity contribution < 1.29 is 4.79 Å². The summed E-state index contributed by atoms with van der Waals surface area (Å²) in [6.07, 6.45) is 2.76. The zero-order chi connectivity index (χ0) is 17.9. The number of carbonyl (C=O) groups excluding carboxylic acids is 1. The SMILES string of the molecule is C[C@H](CC(=O)N1CCC[C@@H](c2nc3ccccc3s2)C1)c1ccccc1. The van der Waals surface area contributed by atoms with Crippen LogP contribution >= 0.6 is 11.3 Å². The predicted octanol–water partition coefficient (Wildman–Crippen LogP) is 5.20. The van der Waals surface area contributed by atoms with Gasteiger partial charge in [0.1, 0.15) is 0 Å². The molecule has 2 heterocycles. The van der Waals surface area contributed by atoms with Gasteiger partial charge in [0.25, 0.3) is 0 Å². The summed E-state index contributed by atoms with van der Waals surface area (Å²) in [5, 5.41) is 1.18. The quantitative estimate of drug-likeness (QED) is 0.638. The number of fused-ring (bicyclic) bond motifs is 1. The molecule has 0 spiro atoms. The smallest absolute Gasteiger partial charge is 0.223 e. The molecule has 2 atom stereocenters. The lowest BCUT2D eigenvalue weighted by Crippen LogP contribution is -2.39. The molecule has 1 aromatic heterocycles. The number of hydrogen-bond donors (Lipinski definition) is 0. The van der Waals surface area contributed by atoms with Crippen LogP contribution in [-0.2, 0) is 4.79 Å². The number of benzene rings is 2. The van der Waals surface area contributed by atoms with Crippen LogP contribution in [0.4, 0.5) is 0 Å². The maximum absolute atomic E-state index is 12.8. The van der Waals surface area contributed by atoms with Crippen LogP contribution in [0.2, 0.25) is 0 Å². The van der Waals surface area contributed by atoms with Gasteiger partial charge in [-0.2, -0.15) is 0 Å². The van der Waals surface area contributed by atoms with Gasteiger partial charge in [0.05, 0.1) is 15.2 Å². The van der Waals surface area contributed by atoms with Gasteiger partial charge in [0, 0.05) is 25.4 Å². The highest BCUT2D eigenvalue weighted by Gasteiger charge is 2.27. The Morgan fingerprint density at radius 3 is 2.77 bits per heavy atom. The second-order valence-electron chi connectivity index (χ2n) is 7.21. The fraction of sp³-hybridized carbons (Fsp3) is 0.364. The van der Waals surface area contributed by atoms with Crippen molar-refractivity contribution in [3.8, 4) is 0 Å². The number of amides is 1. The molecule has 2 aromatic carbocycles. The van der Waals surface area contributed by atoms with Crippen LogP contribution < -0.4 is 0 Å². The van der Waals surface area contributed by atoms with Crippen LogP contribution in [0.25, 0.3) is 10.2 Å². The summed E-state index contributed by atoms with van der Waals surface area (Å²) < 4.78 is 1.24. The molecule has 3 aromatic rings. The molecule has 1 saturated heterocycles. The van der Waals surface area contributed by atoms with Gasteiger partial charge in [-0.15, -0.1) is 11.3 Å². The molecule has 1 amide bonds. The Labute approximate surface area is 158 Å². The van der Waals surface area contributed by atoms with E-state index in [4.69, 9.17) is 4.98 Å². The second-order valence-corrected chi connectivity index (χ2v) is 8.28. The molecular weight excluding hydrogens is 340 g/mol. The number of nitrogens with zero attached hydrogens (tertiary/aromatic N) is 2. The Kier molecular flexibility index (Phi) is 5.02. The van der Waals surface area contributed by atoms with Crippen LogP contribution in [0.1, 0.15) is 48.6 Å². The van der Waals surface area contributed by atoms with E-state index in [2.05, 4.69) is 42.2 Å². The first kappa shape index (κ1) is 17.2. The van der Waals surface area contributed by atoms with E-state index in [9.17, 15) is 4.79 Å². The Hall–Kier alpha value is -2.20. The topological polar surface area (TPSA) is 33.2 Å². The Balaban J connectivity index is 1.43. The number of hydrogen-bond acceptors (Lipinski definition) is 3. The van der Waals surface area contributed by atoms with E-state index in [1.807, 2.05) is 24.3 Å². The van der Waals surface area contributed by atoms with Crippen LogP contribution in [0.5, 0.6) is 0 Å². The van der Waals surface area contributed by atoms with E-state index in [0.29, 0.717) is 12.3 Å². The Bertz CT molecular complexity index is 856. The standard InChI is InChI=1S/C22H24N2OS/c1-16(17-8-3-2-4-9-17)14-21(25)24-13-7-10-18(15-24)22-23-19-11-5-6-12-20(19)26-22/h2-6,8-9,11-12,16,18H,7,10,13-15H2,1H3/t16-,18-/m1/s1. The molecule has 0 radical (unpaired) electrons. The third-order valence-corrected chi connectivity index (χ3v) is 6.48. The lowest BCUT2D eigenvalue weighted by atomic mass is 9.95.